The Morgan fingerprint density at radius 1 is 1.04 bits per heavy atom. The Kier molecular flexibility index (Phi) is 7.87. The SMILES string of the molecule is CCN1CCN(Cc2ccccc2CNC(=O)NCCCn2cccn2)CC1. The second kappa shape index (κ2) is 10.8. The number of carbonyl (C=O) groups is 1. The van der Waals surface area contributed by atoms with Crippen molar-refractivity contribution in [3.05, 3.63) is 53.9 Å². The van der Waals surface area contributed by atoms with Crippen molar-refractivity contribution in [3.8, 4) is 0 Å². The molecule has 0 bridgehead atoms. The van der Waals surface area contributed by atoms with Gasteiger partial charge in [-0.2, -0.15) is 5.10 Å². The van der Waals surface area contributed by atoms with Crippen LogP contribution < -0.4 is 10.6 Å². The number of hydrogen-bond acceptors (Lipinski definition) is 4. The van der Waals surface area contributed by atoms with E-state index < -0.39 is 0 Å². The summed E-state index contributed by atoms with van der Waals surface area (Å²) in [7, 11) is 0. The van der Waals surface area contributed by atoms with E-state index in [1.165, 1.54) is 11.1 Å². The fraction of sp³-hybridized carbons (Fsp3) is 0.524. The zero-order valence-corrected chi connectivity index (χ0v) is 16.8. The molecule has 2 amide bonds. The Labute approximate surface area is 167 Å². The van der Waals surface area contributed by atoms with Crippen LogP contribution in [0.1, 0.15) is 24.5 Å². The molecule has 0 saturated carbocycles. The van der Waals surface area contributed by atoms with Crippen LogP contribution >= 0.6 is 0 Å². The van der Waals surface area contributed by atoms with E-state index in [-0.39, 0.29) is 6.03 Å². The van der Waals surface area contributed by atoms with Crippen LogP contribution in [0.3, 0.4) is 0 Å². The number of hydrogen-bond donors (Lipinski definition) is 2. The normalized spacial score (nSPS) is 15.5. The molecule has 7 heteroatoms. The molecule has 0 atom stereocenters. The number of aromatic nitrogens is 2. The van der Waals surface area contributed by atoms with Crippen molar-refractivity contribution < 1.29 is 4.79 Å². The van der Waals surface area contributed by atoms with Crippen LogP contribution in [0.25, 0.3) is 0 Å². The number of rotatable bonds is 9. The Morgan fingerprint density at radius 3 is 2.50 bits per heavy atom. The maximum absolute atomic E-state index is 12.1. The molecular weight excluding hydrogens is 352 g/mol. The van der Waals surface area contributed by atoms with Crippen LogP contribution in [0.2, 0.25) is 0 Å². The Balaban J connectivity index is 1.39. The highest BCUT2D eigenvalue weighted by Crippen LogP contribution is 2.13. The van der Waals surface area contributed by atoms with Gasteiger partial charge in [-0.1, -0.05) is 31.2 Å². The number of piperazine rings is 1. The van der Waals surface area contributed by atoms with E-state index in [1.54, 1.807) is 6.20 Å². The third kappa shape index (κ3) is 6.35. The van der Waals surface area contributed by atoms with Gasteiger partial charge >= 0.3 is 6.03 Å². The van der Waals surface area contributed by atoms with E-state index in [9.17, 15) is 4.79 Å². The Hall–Kier alpha value is -2.38. The third-order valence-corrected chi connectivity index (χ3v) is 5.27. The van der Waals surface area contributed by atoms with Crippen molar-refractivity contribution in [2.75, 3.05) is 39.3 Å². The van der Waals surface area contributed by atoms with E-state index in [0.29, 0.717) is 13.1 Å². The summed E-state index contributed by atoms with van der Waals surface area (Å²) in [6, 6.07) is 10.2. The van der Waals surface area contributed by atoms with Crippen LogP contribution in [0.5, 0.6) is 0 Å². The molecule has 152 valence electrons. The first kappa shape index (κ1) is 20.4. The molecule has 2 N–H and O–H groups in total. The number of benzene rings is 1. The molecule has 0 spiro atoms. The topological polar surface area (TPSA) is 65.4 Å². The molecule has 0 unspecified atom stereocenters. The Morgan fingerprint density at radius 2 is 1.79 bits per heavy atom. The second-order valence-corrected chi connectivity index (χ2v) is 7.21. The zero-order valence-electron chi connectivity index (χ0n) is 16.8. The zero-order chi connectivity index (χ0) is 19.6. The maximum Gasteiger partial charge on any atom is 0.315 e. The van der Waals surface area contributed by atoms with Crippen LogP contribution in [0.4, 0.5) is 4.79 Å². The van der Waals surface area contributed by atoms with Crippen molar-refractivity contribution >= 4 is 6.03 Å². The lowest BCUT2D eigenvalue weighted by Gasteiger charge is -2.34. The van der Waals surface area contributed by atoms with E-state index in [1.807, 2.05) is 23.0 Å². The standard InChI is InChI=1S/C21H32N6O/c1-2-25-13-15-26(16-14-25)18-20-8-4-3-7-19(20)17-23-21(28)22-9-5-11-27-12-6-10-24-27/h3-4,6-8,10,12H,2,5,9,11,13-18H2,1H3,(H2,22,23,28). The minimum atomic E-state index is -0.119. The number of nitrogens with zero attached hydrogens (tertiary/aromatic N) is 4. The number of likely N-dealkylation sites (N-methyl/N-ethyl adjacent to an activating group) is 1. The molecule has 2 aromatic rings. The van der Waals surface area contributed by atoms with Gasteiger partial charge in [0, 0.05) is 64.8 Å². The molecule has 1 fully saturated rings. The van der Waals surface area contributed by atoms with Gasteiger partial charge in [0.25, 0.3) is 0 Å². The van der Waals surface area contributed by atoms with Crippen molar-refractivity contribution in [3.63, 3.8) is 0 Å². The molecular formula is C21H32N6O. The molecule has 28 heavy (non-hydrogen) atoms. The minimum Gasteiger partial charge on any atom is -0.338 e. The van der Waals surface area contributed by atoms with Gasteiger partial charge in [0.15, 0.2) is 0 Å². The molecule has 1 aliphatic heterocycles. The van der Waals surface area contributed by atoms with E-state index in [2.05, 4.69) is 50.7 Å². The summed E-state index contributed by atoms with van der Waals surface area (Å²) in [5.41, 5.74) is 2.48. The van der Waals surface area contributed by atoms with E-state index in [4.69, 9.17) is 0 Å². The average Bonchev–Trinajstić information content (AvgIpc) is 3.25. The highest BCUT2D eigenvalue weighted by molar-refractivity contribution is 5.73. The third-order valence-electron chi connectivity index (χ3n) is 5.27. The molecule has 1 aromatic heterocycles. The van der Waals surface area contributed by atoms with Crippen LogP contribution in [-0.4, -0.2) is 64.9 Å². The fourth-order valence-electron chi connectivity index (χ4n) is 3.50. The summed E-state index contributed by atoms with van der Waals surface area (Å²) in [4.78, 5) is 17.1. The van der Waals surface area contributed by atoms with E-state index in [0.717, 1.165) is 52.2 Å². The first-order chi connectivity index (χ1) is 13.7. The van der Waals surface area contributed by atoms with Crippen LogP contribution in [0.15, 0.2) is 42.7 Å². The smallest absolute Gasteiger partial charge is 0.315 e. The predicted octanol–water partition coefficient (Wildman–Crippen LogP) is 1.91. The maximum atomic E-state index is 12.1. The first-order valence-electron chi connectivity index (χ1n) is 10.2. The van der Waals surface area contributed by atoms with Crippen molar-refractivity contribution in [1.29, 1.82) is 0 Å². The van der Waals surface area contributed by atoms with Crippen molar-refractivity contribution in [2.24, 2.45) is 0 Å². The molecule has 1 aliphatic rings. The summed E-state index contributed by atoms with van der Waals surface area (Å²) in [6.07, 6.45) is 4.55. The summed E-state index contributed by atoms with van der Waals surface area (Å²) >= 11 is 0. The Bertz CT molecular complexity index is 709. The lowest BCUT2D eigenvalue weighted by Crippen LogP contribution is -2.45. The van der Waals surface area contributed by atoms with Crippen LogP contribution in [-0.2, 0) is 19.6 Å². The predicted molar refractivity (Wildman–Crippen MR) is 111 cm³/mol. The fourth-order valence-corrected chi connectivity index (χ4v) is 3.50. The van der Waals surface area contributed by atoms with Crippen molar-refractivity contribution in [2.45, 2.75) is 33.0 Å². The minimum absolute atomic E-state index is 0.119. The van der Waals surface area contributed by atoms with Gasteiger partial charge in [-0.15, -0.1) is 0 Å². The second-order valence-electron chi connectivity index (χ2n) is 7.21. The van der Waals surface area contributed by atoms with Gasteiger partial charge in [0.05, 0.1) is 0 Å². The lowest BCUT2D eigenvalue weighted by molar-refractivity contribution is 0.131. The molecule has 3 rings (SSSR count). The lowest BCUT2D eigenvalue weighted by atomic mass is 10.1. The summed E-state index contributed by atoms with van der Waals surface area (Å²) in [5, 5.41) is 10.1. The molecule has 7 nitrogen and oxygen atoms in total. The quantitative estimate of drug-likeness (QED) is 0.648. The summed E-state index contributed by atoms with van der Waals surface area (Å²) in [6.45, 7) is 10.8. The van der Waals surface area contributed by atoms with Crippen LogP contribution in [0, 0.1) is 0 Å². The van der Waals surface area contributed by atoms with Crippen molar-refractivity contribution in [1.82, 2.24) is 30.2 Å². The molecule has 1 saturated heterocycles. The molecule has 1 aromatic carbocycles. The highest BCUT2D eigenvalue weighted by atomic mass is 16.2. The monoisotopic (exact) mass is 384 g/mol. The van der Waals surface area contributed by atoms with Gasteiger partial charge in [0.1, 0.15) is 0 Å². The highest BCUT2D eigenvalue weighted by Gasteiger charge is 2.16. The number of aryl methyl sites for hydroxylation is 1. The molecule has 0 aliphatic carbocycles. The van der Waals surface area contributed by atoms with Gasteiger partial charge in [-0.05, 0) is 30.2 Å². The van der Waals surface area contributed by atoms with E-state index >= 15 is 0 Å². The summed E-state index contributed by atoms with van der Waals surface area (Å²) < 4.78 is 1.87. The van der Waals surface area contributed by atoms with Gasteiger partial charge in [-0.3, -0.25) is 9.58 Å². The number of carbonyl (C=O) groups excluding carboxylic acids is 1. The molecule has 0 radical (unpaired) electrons. The largest absolute Gasteiger partial charge is 0.338 e. The average molecular weight is 385 g/mol. The number of urea groups is 1. The number of nitrogens with one attached hydrogen (secondary N) is 2. The molecule has 2 heterocycles. The van der Waals surface area contributed by atoms with Gasteiger partial charge in [0.2, 0.25) is 0 Å². The van der Waals surface area contributed by atoms with Gasteiger partial charge < -0.3 is 15.5 Å². The number of amides is 2. The first-order valence-corrected chi connectivity index (χ1v) is 10.2. The van der Waals surface area contributed by atoms with Gasteiger partial charge in [-0.25, -0.2) is 4.79 Å². The summed E-state index contributed by atoms with van der Waals surface area (Å²) in [5.74, 6) is 0.